The number of carbonyl (C=O) groups is 10. The van der Waals surface area contributed by atoms with Gasteiger partial charge in [0, 0.05) is 99.3 Å². The van der Waals surface area contributed by atoms with Crippen LogP contribution >= 0.6 is 0 Å². The maximum Gasteiger partial charge on any atom is 0.328 e. The van der Waals surface area contributed by atoms with Crippen molar-refractivity contribution in [2.45, 2.75) is 213 Å². The maximum atomic E-state index is 16.0. The molecule has 1 unspecified atom stereocenters. The van der Waals surface area contributed by atoms with E-state index >= 15 is 8.78 Å². The van der Waals surface area contributed by atoms with Crippen LogP contribution in [0.15, 0.2) is 85.2 Å². The normalized spacial score (nSPS) is 14.2. The average molecular weight is 1890 g/mol. The lowest BCUT2D eigenvalue weighted by atomic mass is 9.71. The summed E-state index contributed by atoms with van der Waals surface area (Å²) in [6.07, 6.45) is 22.3. The minimum Gasteiger partial charge on any atom is -0.495 e. The highest BCUT2D eigenvalue weighted by Crippen LogP contribution is 2.43. The Bertz CT molecular complexity index is 4730. The number of hydrogen-bond donors (Lipinski definition) is 7. The largest absolute Gasteiger partial charge is 0.495 e. The number of halogens is 2. The first-order valence-corrected chi connectivity index (χ1v) is 48.1. The van der Waals surface area contributed by atoms with Crippen molar-refractivity contribution in [3.63, 3.8) is 0 Å². The number of nitrogens with one attached hydrogen (secondary N) is 5. The van der Waals surface area contributed by atoms with Gasteiger partial charge in [-0.3, -0.25) is 48.6 Å². The van der Waals surface area contributed by atoms with E-state index in [0.29, 0.717) is 163 Å². The van der Waals surface area contributed by atoms with Gasteiger partial charge in [0.1, 0.15) is 47.5 Å². The number of hydrogen-bond acceptors (Lipinski definition) is 23. The van der Waals surface area contributed by atoms with Crippen LogP contribution in [-0.2, 0) is 88.2 Å². The van der Waals surface area contributed by atoms with Gasteiger partial charge in [-0.2, -0.15) is 0 Å². The highest BCUT2D eigenvalue weighted by Gasteiger charge is 2.40. The van der Waals surface area contributed by atoms with Gasteiger partial charge < -0.3 is 93.2 Å². The lowest BCUT2D eigenvalue weighted by Gasteiger charge is -2.47. The number of likely N-dealkylation sites (tertiary alicyclic amines) is 2. The molecule has 0 aliphatic carbocycles. The first-order valence-electron chi connectivity index (χ1n) is 48.1. The van der Waals surface area contributed by atoms with Crippen molar-refractivity contribution < 1.29 is 114 Å². The lowest BCUT2D eigenvalue weighted by Crippen LogP contribution is -2.50. The first-order chi connectivity index (χ1) is 65.3. The number of anilines is 2. The number of piperidine rings is 2. The zero-order valence-corrected chi connectivity index (χ0v) is 79.4. The molecular weight excluding hydrogens is 1750 g/mol. The van der Waals surface area contributed by atoms with Crippen molar-refractivity contribution in [2.24, 2.45) is 5.41 Å². The van der Waals surface area contributed by atoms with Crippen LogP contribution in [0.1, 0.15) is 225 Å². The quantitative estimate of drug-likeness (QED) is 0.0138. The third-order valence-electron chi connectivity index (χ3n) is 24.8. The van der Waals surface area contributed by atoms with Crippen LogP contribution in [0, 0.1) is 24.0 Å². The summed E-state index contributed by atoms with van der Waals surface area (Å²) in [6, 6.07) is 19.9. The summed E-state index contributed by atoms with van der Waals surface area (Å²) in [5.41, 5.74) is 4.30. The number of rotatable bonds is 66. The summed E-state index contributed by atoms with van der Waals surface area (Å²) in [7, 11) is 1.50. The Morgan fingerprint density at radius 2 is 1.18 bits per heavy atom. The number of nitrogens with zero attached hydrogens (tertiary/aromatic N) is 6. The van der Waals surface area contributed by atoms with E-state index in [1.807, 2.05) is 23.1 Å². The molecule has 742 valence electrons. The van der Waals surface area contributed by atoms with Crippen LogP contribution in [-0.4, -0.2) is 277 Å². The Labute approximate surface area is 790 Å². The Hall–Kier alpha value is -10.5. The Balaban J connectivity index is 0.555. The minimum atomic E-state index is -1.39. The van der Waals surface area contributed by atoms with Gasteiger partial charge in [0.25, 0.3) is 11.8 Å². The molecule has 3 fully saturated rings. The monoisotopic (exact) mass is 1890 g/mol. The molecule has 0 bridgehead atoms. The number of aromatic amines is 1. The van der Waals surface area contributed by atoms with Crippen molar-refractivity contribution in [3.8, 4) is 28.3 Å². The molecule has 3 aliphatic heterocycles. The van der Waals surface area contributed by atoms with Crippen molar-refractivity contribution in [1.29, 1.82) is 0 Å². The smallest absolute Gasteiger partial charge is 0.328 e. The van der Waals surface area contributed by atoms with E-state index in [-0.39, 0.29) is 124 Å². The van der Waals surface area contributed by atoms with Gasteiger partial charge in [-0.25, -0.2) is 28.3 Å². The van der Waals surface area contributed by atoms with E-state index < -0.39 is 65.6 Å². The predicted octanol–water partition coefficient (Wildman–Crippen LogP) is 13.9. The van der Waals surface area contributed by atoms with Gasteiger partial charge in [-0.1, -0.05) is 121 Å². The highest BCUT2D eigenvalue weighted by molar-refractivity contribution is 6.08. The van der Waals surface area contributed by atoms with E-state index in [9.17, 15) is 53.1 Å². The Kier molecular flexibility index (Phi) is 47.1. The third kappa shape index (κ3) is 37.2. The summed E-state index contributed by atoms with van der Waals surface area (Å²) in [4.78, 5) is 147. The van der Waals surface area contributed by atoms with Gasteiger partial charge in [0.05, 0.1) is 130 Å². The zero-order chi connectivity index (χ0) is 96.6. The molecule has 4 aromatic carbocycles. The fourth-order valence-electron chi connectivity index (χ4n) is 16.8. The summed E-state index contributed by atoms with van der Waals surface area (Å²) in [5, 5.41) is 30.0. The number of methoxy groups -OCH3 is 1. The number of benzene rings is 4. The topological polar surface area (TPSA) is 406 Å². The number of amides is 8. The summed E-state index contributed by atoms with van der Waals surface area (Å²) < 4.78 is 87.2. The van der Waals surface area contributed by atoms with Crippen LogP contribution in [0.25, 0.3) is 33.5 Å². The van der Waals surface area contributed by atoms with Crippen molar-refractivity contribution >= 4 is 81.8 Å². The lowest BCUT2D eigenvalue weighted by molar-refractivity contribution is -0.157. The molecule has 135 heavy (non-hydrogen) atoms. The number of urea groups is 1. The molecule has 0 saturated carbocycles. The van der Waals surface area contributed by atoms with Crippen LogP contribution in [0.5, 0.6) is 5.75 Å². The summed E-state index contributed by atoms with van der Waals surface area (Å²) in [5.74, 6) is -6.11. The number of imide groups is 1. The second-order valence-corrected chi connectivity index (χ2v) is 35.1. The third-order valence-corrected chi connectivity index (χ3v) is 24.8. The second kappa shape index (κ2) is 58.8. The number of aromatic nitrogens is 3. The second-order valence-electron chi connectivity index (χ2n) is 35.1. The van der Waals surface area contributed by atoms with E-state index in [0.717, 1.165) is 126 Å². The van der Waals surface area contributed by atoms with E-state index in [4.69, 9.17) is 52.5 Å². The molecule has 6 aromatic rings. The van der Waals surface area contributed by atoms with Crippen molar-refractivity contribution in [1.82, 2.24) is 45.6 Å². The molecule has 1 spiro atoms. The predicted molar refractivity (Wildman–Crippen MR) is 504 cm³/mol. The molecule has 9 rings (SSSR count). The Morgan fingerprint density at radius 3 is 1.76 bits per heavy atom. The Morgan fingerprint density at radius 1 is 0.607 bits per heavy atom. The average Bonchev–Trinajstić information content (AvgIpc) is 1.66. The molecule has 1 atom stereocenters. The number of fused-ring (bicyclic) bond motifs is 1. The van der Waals surface area contributed by atoms with Gasteiger partial charge in [0.2, 0.25) is 23.6 Å². The molecule has 8 amide bonds. The number of carbonyl (C=O) groups excluding carboxylic acids is 8. The zero-order valence-electron chi connectivity index (χ0n) is 79.4. The first kappa shape index (κ1) is 108. The van der Waals surface area contributed by atoms with Gasteiger partial charge >= 0.3 is 23.9 Å². The van der Waals surface area contributed by atoms with Gasteiger partial charge in [-0.15, -0.1) is 0 Å². The van der Waals surface area contributed by atoms with Crippen LogP contribution < -0.4 is 30.9 Å². The molecular formula is C100H141F2N11O22. The van der Waals surface area contributed by atoms with Crippen LogP contribution in [0.2, 0.25) is 0 Å². The van der Waals surface area contributed by atoms with E-state index in [1.54, 1.807) is 39.0 Å². The fourth-order valence-corrected chi connectivity index (χ4v) is 16.8. The molecule has 33 nitrogen and oxygen atoms in total. The fraction of sp³-hybridized carbons (Fsp3) is 0.600. The standard InChI is InChI=1S/C100H141F2N11O22/c1-6-7-8-9-10-11-15-18-21-42-112(90(117)22-19-16-13-12-14-17-20-23-91(118)119)84(97(123)124)31-33-87(114)103-41-50-128-52-54-130-56-58-132-60-62-134-64-63-133-61-59-131-57-55-129-53-51-127-49-36-88(115)104-70-92(120)135-99(3,4)76-29-30-78(81(102)66-76)95(121)108-82-68-77(101)67-79(72(82)2)93-80-69-83(107-94(80)106-71-105-93)74-26-24-73(25-27-74)34-43-110-45-37-100(38-46-110)39-47-111(48-40-100)96(122)75-28-32-86(126-5)85(65-75)113-44-35-89(116)109-98(113)125/h24-30,32,65-69,71,84H,6-23,31,33-64,70H2,1-5H3,(H,103,114)(H,104,115)(H,108,121)(H,118,119)(H,123,124)(H,105,106,107)(H,109,116,125). The summed E-state index contributed by atoms with van der Waals surface area (Å²) in [6.45, 7) is 16.4. The molecule has 35 heteroatoms. The van der Waals surface area contributed by atoms with E-state index in [2.05, 4.69) is 60.2 Å². The number of H-pyrrole nitrogens is 1. The molecule has 7 N–H and O–H groups in total. The maximum absolute atomic E-state index is 16.0. The minimum absolute atomic E-state index is 0.00842. The number of aliphatic carboxylic acids is 2. The SMILES string of the molecule is CCCCCCCCCCCN(C(=O)CCCCCCCCCC(=O)O)C(CCC(=O)NCCOCCOCCOCCOCCOCCOCCOCCOCCC(=O)NCC(=O)OC(C)(C)c1ccc(C(=O)Nc2cc(F)cc(-c3ncnc4[nH]c(-c5ccc(CCN6CCC7(CC6)CCN(C(=O)c6ccc(OC)c(N8CCC(=O)NC8=O)c6)CC7)cc5)cc34)c2C)c(F)c1)C(=O)O. The molecule has 3 aliphatic rings. The number of unbranched alkanes of at least 4 members (excludes halogenated alkanes) is 14. The highest BCUT2D eigenvalue weighted by atomic mass is 19.1. The van der Waals surface area contributed by atoms with Gasteiger partial charge in [-0.05, 0) is 168 Å². The number of ether oxygens (including phenoxy) is 10. The molecule has 5 heterocycles. The number of esters is 1. The van der Waals surface area contributed by atoms with Crippen molar-refractivity contribution in [3.05, 3.63) is 125 Å². The number of carboxylic acids is 2. The van der Waals surface area contributed by atoms with Crippen LogP contribution in [0.4, 0.5) is 25.0 Å². The van der Waals surface area contributed by atoms with Crippen LogP contribution in [0.3, 0.4) is 0 Å². The molecule has 2 aromatic heterocycles. The molecule has 3 saturated heterocycles. The van der Waals surface area contributed by atoms with Gasteiger partial charge in [0.15, 0.2) is 0 Å². The number of carboxylic acid groups (broad SMARTS) is 2. The summed E-state index contributed by atoms with van der Waals surface area (Å²) >= 11 is 0. The van der Waals surface area contributed by atoms with E-state index in [1.165, 1.54) is 79.1 Å². The van der Waals surface area contributed by atoms with Crippen molar-refractivity contribution in [2.75, 3.05) is 182 Å². The molecule has 0 radical (unpaired) electrons.